The van der Waals surface area contributed by atoms with Gasteiger partial charge < -0.3 is 0 Å². The van der Waals surface area contributed by atoms with Crippen LogP contribution in [0.2, 0.25) is 5.02 Å². The van der Waals surface area contributed by atoms with Gasteiger partial charge in [0, 0.05) is 21.1 Å². The van der Waals surface area contributed by atoms with Crippen LogP contribution in [-0.4, -0.2) is 0 Å². The monoisotopic (exact) mass is 350 g/mol. The molecule has 0 saturated heterocycles. The molecule has 0 N–H and O–H groups in total. The molecule has 0 aromatic heterocycles. The third-order valence-electron chi connectivity index (χ3n) is 2.47. The van der Waals surface area contributed by atoms with Crippen molar-refractivity contribution in [2.24, 2.45) is 0 Å². The molecule has 0 aliphatic carbocycles. The highest BCUT2D eigenvalue weighted by atomic mass is 79.9. The van der Waals surface area contributed by atoms with Crippen LogP contribution in [0.3, 0.4) is 0 Å². The number of halogens is 5. The van der Waals surface area contributed by atoms with Crippen molar-refractivity contribution >= 4 is 39.1 Å². The fraction of sp³-hybridized carbons (Fsp3) is 0.0769. The van der Waals surface area contributed by atoms with E-state index in [9.17, 15) is 8.78 Å². The highest BCUT2D eigenvalue weighted by molar-refractivity contribution is 9.10. The molecule has 2 aromatic rings. The average molecular weight is 352 g/mol. The van der Waals surface area contributed by atoms with E-state index in [0.29, 0.717) is 10.6 Å². The van der Waals surface area contributed by atoms with Crippen LogP contribution in [0.15, 0.2) is 40.9 Å². The second kappa shape index (κ2) is 5.55. The molecule has 18 heavy (non-hydrogen) atoms. The fourth-order valence-electron chi connectivity index (χ4n) is 1.58. The van der Waals surface area contributed by atoms with Gasteiger partial charge in [0.05, 0.1) is 5.38 Å². The van der Waals surface area contributed by atoms with Gasteiger partial charge in [0.2, 0.25) is 0 Å². The largest absolute Gasteiger partial charge is 0.207 e. The Morgan fingerprint density at radius 3 is 2.39 bits per heavy atom. The topological polar surface area (TPSA) is 0 Å². The second-order valence-electron chi connectivity index (χ2n) is 3.69. The molecular weight excluding hydrogens is 345 g/mol. The van der Waals surface area contributed by atoms with E-state index in [2.05, 4.69) is 15.9 Å². The van der Waals surface area contributed by atoms with Crippen LogP contribution in [-0.2, 0) is 0 Å². The Bertz CT molecular complexity index is 587. The SMILES string of the molecule is Fc1ccc(C(Cl)c2cc(Cl)ccc2Br)c(F)c1. The van der Waals surface area contributed by atoms with Gasteiger partial charge in [-0.05, 0) is 29.8 Å². The van der Waals surface area contributed by atoms with Gasteiger partial charge in [-0.1, -0.05) is 33.6 Å². The first-order valence-corrected chi connectivity index (χ1v) is 6.63. The summed E-state index contributed by atoms with van der Waals surface area (Å²) in [7, 11) is 0. The highest BCUT2D eigenvalue weighted by Gasteiger charge is 2.18. The molecule has 0 fully saturated rings. The predicted molar refractivity (Wildman–Crippen MR) is 73.2 cm³/mol. The third-order valence-corrected chi connectivity index (χ3v) is 3.89. The molecule has 0 spiro atoms. The van der Waals surface area contributed by atoms with Crippen molar-refractivity contribution < 1.29 is 8.78 Å². The van der Waals surface area contributed by atoms with Crippen LogP contribution in [0.5, 0.6) is 0 Å². The summed E-state index contributed by atoms with van der Waals surface area (Å²) in [6.45, 7) is 0. The first-order chi connectivity index (χ1) is 8.49. The molecular formula is C13H7BrCl2F2. The van der Waals surface area contributed by atoms with E-state index in [1.807, 2.05) is 0 Å². The van der Waals surface area contributed by atoms with Gasteiger partial charge in [0.25, 0.3) is 0 Å². The smallest absolute Gasteiger partial charge is 0.131 e. The van der Waals surface area contributed by atoms with Crippen molar-refractivity contribution in [1.29, 1.82) is 0 Å². The minimum atomic E-state index is -0.737. The molecule has 0 aliphatic heterocycles. The van der Waals surface area contributed by atoms with Crippen molar-refractivity contribution in [3.8, 4) is 0 Å². The standard InChI is InChI=1S/C13H7BrCl2F2/c14-11-4-1-7(15)5-10(11)13(16)9-3-2-8(17)6-12(9)18/h1-6,13H. The normalized spacial score (nSPS) is 12.5. The van der Waals surface area contributed by atoms with Crippen molar-refractivity contribution in [2.75, 3.05) is 0 Å². The molecule has 2 rings (SSSR count). The zero-order valence-corrected chi connectivity index (χ0v) is 12.0. The number of benzene rings is 2. The Hall–Kier alpha value is -0.640. The lowest BCUT2D eigenvalue weighted by atomic mass is 10.0. The number of alkyl halides is 1. The Labute approximate surface area is 122 Å². The van der Waals surface area contributed by atoms with E-state index in [1.165, 1.54) is 12.1 Å². The van der Waals surface area contributed by atoms with Crippen LogP contribution < -0.4 is 0 Å². The first-order valence-electron chi connectivity index (χ1n) is 5.03. The predicted octanol–water partition coefficient (Wildman–Crippen LogP) is 5.71. The summed E-state index contributed by atoms with van der Waals surface area (Å²) >= 11 is 15.4. The molecule has 1 atom stereocenters. The van der Waals surface area contributed by atoms with Gasteiger partial charge in [-0.25, -0.2) is 8.78 Å². The van der Waals surface area contributed by atoms with Gasteiger partial charge in [0.1, 0.15) is 11.6 Å². The van der Waals surface area contributed by atoms with Crippen LogP contribution in [0, 0.1) is 11.6 Å². The summed E-state index contributed by atoms with van der Waals surface area (Å²) in [5, 5.41) is -0.236. The molecule has 94 valence electrons. The third kappa shape index (κ3) is 2.85. The number of hydrogen-bond acceptors (Lipinski definition) is 0. The summed E-state index contributed by atoms with van der Waals surface area (Å²) in [4.78, 5) is 0. The average Bonchev–Trinajstić information content (AvgIpc) is 2.31. The molecule has 0 saturated carbocycles. The minimum Gasteiger partial charge on any atom is -0.207 e. The molecule has 5 heteroatoms. The van der Waals surface area contributed by atoms with Crippen LogP contribution in [0.25, 0.3) is 0 Å². The van der Waals surface area contributed by atoms with Gasteiger partial charge in [0.15, 0.2) is 0 Å². The van der Waals surface area contributed by atoms with E-state index in [1.54, 1.807) is 18.2 Å². The number of hydrogen-bond donors (Lipinski definition) is 0. The summed E-state index contributed by atoms with van der Waals surface area (Å²) in [5.41, 5.74) is 0.843. The minimum absolute atomic E-state index is 0.209. The van der Waals surface area contributed by atoms with Crippen LogP contribution in [0.1, 0.15) is 16.5 Å². The summed E-state index contributed by atoms with van der Waals surface area (Å²) in [6, 6.07) is 8.38. The highest BCUT2D eigenvalue weighted by Crippen LogP contribution is 2.36. The lowest BCUT2D eigenvalue weighted by molar-refractivity contribution is 0.573. The fourth-order valence-corrected chi connectivity index (χ4v) is 2.73. The molecule has 2 aromatic carbocycles. The molecule has 0 heterocycles. The van der Waals surface area contributed by atoms with Crippen molar-refractivity contribution in [1.82, 2.24) is 0 Å². The zero-order chi connectivity index (χ0) is 13.3. The van der Waals surface area contributed by atoms with E-state index >= 15 is 0 Å². The van der Waals surface area contributed by atoms with Crippen LogP contribution in [0.4, 0.5) is 8.78 Å². The van der Waals surface area contributed by atoms with Crippen molar-refractivity contribution in [3.05, 3.63) is 68.7 Å². The molecule has 0 aliphatic rings. The Balaban J connectivity index is 2.47. The van der Waals surface area contributed by atoms with Gasteiger partial charge in [-0.3, -0.25) is 0 Å². The maximum Gasteiger partial charge on any atom is 0.131 e. The first kappa shape index (κ1) is 13.8. The lowest BCUT2D eigenvalue weighted by Crippen LogP contribution is -1.99. The second-order valence-corrected chi connectivity index (χ2v) is 5.42. The molecule has 0 amide bonds. The van der Waals surface area contributed by atoms with E-state index in [0.717, 1.165) is 10.5 Å². The summed E-state index contributed by atoms with van der Waals surface area (Å²) in [5.74, 6) is -1.31. The Morgan fingerprint density at radius 2 is 1.72 bits per heavy atom. The quantitative estimate of drug-likeness (QED) is 0.608. The van der Waals surface area contributed by atoms with Gasteiger partial charge in [-0.2, -0.15) is 0 Å². The van der Waals surface area contributed by atoms with Crippen LogP contribution >= 0.6 is 39.1 Å². The molecule has 1 unspecified atom stereocenters. The lowest BCUT2D eigenvalue weighted by Gasteiger charge is -2.13. The van der Waals surface area contributed by atoms with E-state index in [4.69, 9.17) is 23.2 Å². The Morgan fingerprint density at radius 1 is 1.00 bits per heavy atom. The summed E-state index contributed by atoms with van der Waals surface area (Å²) in [6.07, 6.45) is 0. The van der Waals surface area contributed by atoms with Crippen molar-refractivity contribution in [2.45, 2.75) is 5.38 Å². The van der Waals surface area contributed by atoms with Crippen molar-refractivity contribution in [3.63, 3.8) is 0 Å². The van der Waals surface area contributed by atoms with E-state index in [-0.39, 0.29) is 5.56 Å². The number of rotatable bonds is 2. The van der Waals surface area contributed by atoms with Gasteiger partial charge >= 0.3 is 0 Å². The maximum atomic E-state index is 13.6. The zero-order valence-electron chi connectivity index (χ0n) is 8.93. The van der Waals surface area contributed by atoms with E-state index < -0.39 is 17.0 Å². The van der Waals surface area contributed by atoms with Gasteiger partial charge in [-0.15, -0.1) is 11.6 Å². The Kier molecular flexibility index (Phi) is 4.25. The molecule has 0 nitrogen and oxygen atoms in total. The molecule has 0 radical (unpaired) electrons. The maximum absolute atomic E-state index is 13.6. The summed E-state index contributed by atoms with van der Waals surface area (Å²) < 4.78 is 27.2. The molecule has 0 bridgehead atoms.